The Bertz CT molecular complexity index is 246. The lowest BCUT2D eigenvalue weighted by Gasteiger charge is -2.07. The standard InChI is InChI=1S/C12H18O/c1-9(2)8-11-4-6-12(7-5-11)10(3)13/h4-7,9-10,13H,8H2,1-3H3. The van der Waals surface area contributed by atoms with E-state index < -0.39 is 0 Å². The van der Waals surface area contributed by atoms with Crippen molar-refractivity contribution in [3.8, 4) is 0 Å². The highest BCUT2D eigenvalue weighted by Crippen LogP contribution is 2.14. The summed E-state index contributed by atoms with van der Waals surface area (Å²) in [6.45, 7) is 6.21. The smallest absolute Gasteiger partial charge is 0.0761 e. The molecule has 0 radical (unpaired) electrons. The summed E-state index contributed by atoms with van der Waals surface area (Å²) in [6.07, 6.45) is 0.758. The molecular weight excluding hydrogens is 160 g/mol. The number of aliphatic hydroxyl groups excluding tert-OH is 1. The van der Waals surface area contributed by atoms with Crippen molar-refractivity contribution in [3.05, 3.63) is 35.4 Å². The van der Waals surface area contributed by atoms with Gasteiger partial charge in [-0.2, -0.15) is 0 Å². The van der Waals surface area contributed by atoms with Crippen molar-refractivity contribution in [1.29, 1.82) is 0 Å². The first-order valence-electron chi connectivity index (χ1n) is 4.86. The largest absolute Gasteiger partial charge is 0.389 e. The Balaban J connectivity index is 2.70. The van der Waals surface area contributed by atoms with Crippen molar-refractivity contribution in [2.45, 2.75) is 33.3 Å². The number of rotatable bonds is 3. The summed E-state index contributed by atoms with van der Waals surface area (Å²) in [4.78, 5) is 0. The second kappa shape index (κ2) is 4.43. The molecule has 0 saturated heterocycles. The normalized spacial score (nSPS) is 13.3. The molecule has 0 saturated carbocycles. The molecule has 1 nitrogen and oxygen atoms in total. The second-order valence-corrected chi connectivity index (χ2v) is 4.02. The first-order chi connectivity index (χ1) is 6.09. The van der Waals surface area contributed by atoms with Crippen molar-refractivity contribution in [3.63, 3.8) is 0 Å². The van der Waals surface area contributed by atoms with E-state index >= 15 is 0 Å². The van der Waals surface area contributed by atoms with Gasteiger partial charge in [0.1, 0.15) is 0 Å². The van der Waals surface area contributed by atoms with E-state index in [-0.39, 0.29) is 6.10 Å². The van der Waals surface area contributed by atoms with E-state index in [1.807, 2.05) is 12.1 Å². The predicted molar refractivity (Wildman–Crippen MR) is 55.6 cm³/mol. The van der Waals surface area contributed by atoms with Crippen LogP contribution in [0.2, 0.25) is 0 Å². The van der Waals surface area contributed by atoms with Gasteiger partial charge in [-0.1, -0.05) is 38.1 Å². The maximum atomic E-state index is 9.30. The van der Waals surface area contributed by atoms with Crippen LogP contribution in [0.4, 0.5) is 0 Å². The molecule has 0 aliphatic rings. The molecule has 0 fully saturated rings. The van der Waals surface area contributed by atoms with Crippen LogP contribution in [0.25, 0.3) is 0 Å². The Morgan fingerprint density at radius 3 is 2.00 bits per heavy atom. The molecule has 0 spiro atoms. The van der Waals surface area contributed by atoms with Crippen LogP contribution in [0, 0.1) is 5.92 Å². The third kappa shape index (κ3) is 3.19. The maximum Gasteiger partial charge on any atom is 0.0761 e. The van der Waals surface area contributed by atoms with Gasteiger partial charge in [-0.3, -0.25) is 0 Å². The average Bonchev–Trinajstić information content (AvgIpc) is 2.04. The quantitative estimate of drug-likeness (QED) is 0.754. The van der Waals surface area contributed by atoms with E-state index in [0.29, 0.717) is 5.92 Å². The third-order valence-electron chi connectivity index (χ3n) is 2.11. The fourth-order valence-corrected chi connectivity index (χ4v) is 1.40. The van der Waals surface area contributed by atoms with Crippen LogP contribution in [-0.2, 0) is 6.42 Å². The van der Waals surface area contributed by atoms with Crippen molar-refractivity contribution in [2.75, 3.05) is 0 Å². The monoisotopic (exact) mass is 178 g/mol. The molecular formula is C12H18O. The van der Waals surface area contributed by atoms with Crippen LogP contribution >= 0.6 is 0 Å². The van der Waals surface area contributed by atoms with Crippen molar-refractivity contribution in [2.24, 2.45) is 5.92 Å². The third-order valence-corrected chi connectivity index (χ3v) is 2.11. The lowest BCUT2D eigenvalue weighted by molar-refractivity contribution is 0.199. The molecule has 1 aromatic carbocycles. The molecule has 0 heterocycles. The van der Waals surface area contributed by atoms with Gasteiger partial charge in [0.05, 0.1) is 6.10 Å². The first-order valence-corrected chi connectivity index (χ1v) is 4.86. The Hall–Kier alpha value is -0.820. The van der Waals surface area contributed by atoms with Crippen molar-refractivity contribution in [1.82, 2.24) is 0 Å². The molecule has 1 aromatic rings. The minimum absolute atomic E-state index is 0.354. The van der Waals surface area contributed by atoms with Crippen LogP contribution in [0.5, 0.6) is 0 Å². The summed E-state index contributed by atoms with van der Waals surface area (Å²) in [5, 5.41) is 9.30. The second-order valence-electron chi connectivity index (χ2n) is 4.02. The molecule has 0 aromatic heterocycles. The zero-order chi connectivity index (χ0) is 9.84. The number of aliphatic hydroxyl groups is 1. The topological polar surface area (TPSA) is 20.2 Å². The van der Waals surface area contributed by atoms with Gasteiger partial charge in [0.2, 0.25) is 0 Å². The molecule has 13 heavy (non-hydrogen) atoms. The summed E-state index contributed by atoms with van der Waals surface area (Å²) in [5.41, 5.74) is 2.34. The molecule has 0 aliphatic heterocycles. The lowest BCUT2D eigenvalue weighted by Crippen LogP contribution is -1.95. The van der Waals surface area contributed by atoms with Crippen LogP contribution in [0.1, 0.15) is 38.0 Å². The van der Waals surface area contributed by atoms with E-state index in [0.717, 1.165) is 12.0 Å². The molecule has 1 atom stereocenters. The number of benzene rings is 1. The number of hydrogen-bond donors (Lipinski definition) is 1. The van der Waals surface area contributed by atoms with E-state index in [2.05, 4.69) is 26.0 Å². The van der Waals surface area contributed by atoms with Crippen LogP contribution in [0.3, 0.4) is 0 Å². The fraction of sp³-hybridized carbons (Fsp3) is 0.500. The van der Waals surface area contributed by atoms with E-state index in [4.69, 9.17) is 0 Å². The molecule has 1 N–H and O–H groups in total. The highest BCUT2D eigenvalue weighted by atomic mass is 16.3. The van der Waals surface area contributed by atoms with Gasteiger partial charge in [-0.25, -0.2) is 0 Å². The minimum Gasteiger partial charge on any atom is -0.389 e. The first kappa shape index (κ1) is 10.3. The summed E-state index contributed by atoms with van der Waals surface area (Å²) >= 11 is 0. The molecule has 72 valence electrons. The van der Waals surface area contributed by atoms with Crippen LogP contribution in [-0.4, -0.2) is 5.11 Å². The molecule has 0 aliphatic carbocycles. The van der Waals surface area contributed by atoms with Crippen LogP contribution in [0.15, 0.2) is 24.3 Å². The van der Waals surface area contributed by atoms with Gasteiger partial charge < -0.3 is 5.11 Å². The van der Waals surface area contributed by atoms with Crippen molar-refractivity contribution >= 4 is 0 Å². The SMILES string of the molecule is CC(C)Cc1ccc(C(C)O)cc1. The summed E-state index contributed by atoms with van der Waals surface area (Å²) < 4.78 is 0. The van der Waals surface area contributed by atoms with Crippen LogP contribution < -0.4 is 0 Å². The molecule has 1 heteroatoms. The predicted octanol–water partition coefficient (Wildman–Crippen LogP) is 2.94. The van der Waals surface area contributed by atoms with Gasteiger partial charge in [0, 0.05) is 0 Å². The summed E-state index contributed by atoms with van der Waals surface area (Å²) in [6, 6.07) is 8.20. The Morgan fingerprint density at radius 2 is 1.62 bits per heavy atom. The average molecular weight is 178 g/mol. The van der Waals surface area contributed by atoms with E-state index in [1.165, 1.54) is 5.56 Å². The Morgan fingerprint density at radius 1 is 1.08 bits per heavy atom. The number of hydrogen-bond acceptors (Lipinski definition) is 1. The van der Waals surface area contributed by atoms with Gasteiger partial charge in [0.25, 0.3) is 0 Å². The Labute approximate surface area is 80.4 Å². The summed E-state index contributed by atoms with van der Waals surface area (Å²) in [7, 11) is 0. The van der Waals surface area contributed by atoms with Gasteiger partial charge in [-0.15, -0.1) is 0 Å². The lowest BCUT2D eigenvalue weighted by atomic mass is 10.0. The zero-order valence-electron chi connectivity index (χ0n) is 8.62. The molecule has 0 amide bonds. The highest BCUT2D eigenvalue weighted by molar-refractivity contribution is 5.24. The highest BCUT2D eigenvalue weighted by Gasteiger charge is 2.01. The molecule has 1 unspecified atom stereocenters. The van der Waals surface area contributed by atoms with Gasteiger partial charge in [-0.05, 0) is 30.4 Å². The zero-order valence-corrected chi connectivity index (χ0v) is 8.62. The van der Waals surface area contributed by atoms with E-state index in [9.17, 15) is 5.11 Å². The molecule has 1 rings (SSSR count). The van der Waals surface area contributed by atoms with E-state index in [1.54, 1.807) is 6.92 Å². The van der Waals surface area contributed by atoms with Crippen molar-refractivity contribution < 1.29 is 5.11 Å². The van der Waals surface area contributed by atoms with Gasteiger partial charge in [0.15, 0.2) is 0 Å². The van der Waals surface area contributed by atoms with Gasteiger partial charge >= 0.3 is 0 Å². The summed E-state index contributed by atoms with van der Waals surface area (Å²) in [5.74, 6) is 0.692. The molecule has 0 bridgehead atoms. The Kier molecular flexibility index (Phi) is 3.49. The fourth-order valence-electron chi connectivity index (χ4n) is 1.40. The maximum absolute atomic E-state index is 9.30. The minimum atomic E-state index is -0.354.